The third-order valence-electron chi connectivity index (χ3n) is 9.87. The minimum absolute atomic E-state index is 0.0432. The summed E-state index contributed by atoms with van der Waals surface area (Å²) in [7, 11) is 0. The van der Waals surface area contributed by atoms with Crippen LogP contribution in [-0.2, 0) is 10.8 Å². The van der Waals surface area contributed by atoms with Gasteiger partial charge in [0.2, 0.25) is 0 Å². The summed E-state index contributed by atoms with van der Waals surface area (Å²) in [6.45, 7) is 13.5. The van der Waals surface area contributed by atoms with Gasteiger partial charge in [0, 0.05) is 38.7 Å². The van der Waals surface area contributed by atoms with Crippen LogP contribution in [0.15, 0.2) is 140 Å². The highest BCUT2D eigenvalue weighted by molar-refractivity contribution is 6.10. The quantitative estimate of drug-likeness (QED) is 0.182. The van der Waals surface area contributed by atoms with Crippen molar-refractivity contribution in [2.75, 3.05) is 0 Å². The third-order valence-corrected chi connectivity index (χ3v) is 9.87. The molecule has 0 spiro atoms. The van der Waals surface area contributed by atoms with Crippen LogP contribution in [0.2, 0.25) is 0 Å². The molecule has 0 bridgehead atoms. The van der Waals surface area contributed by atoms with Crippen molar-refractivity contribution in [3.05, 3.63) is 156 Å². The molecular weight excluding hydrogens is 640 g/mol. The van der Waals surface area contributed by atoms with Crippen molar-refractivity contribution < 1.29 is 4.39 Å². The fraction of sp³-hybridized carbons (Fsp3) is 0.170. The van der Waals surface area contributed by atoms with Crippen molar-refractivity contribution in [1.82, 2.24) is 19.5 Å². The lowest BCUT2D eigenvalue weighted by Crippen LogP contribution is -2.11. The van der Waals surface area contributed by atoms with E-state index >= 15 is 4.39 Å². The summed E-state index contributed by atoms with van der Waals surface area (Å²) in [5.74, 6) is 1.27. The molecule has 4 nitrogen and oxygen atoms in total. The average Bonchev–Trinajstić information content (AvgIpc) is 3.48. The molecule has 8 aromatic rings. The standard InChI is InChI=1S/C47H41FN4/c1-46(2,3)32-21-24-37-38-25-22-33(47(4,5)6)28-42(38)52(41(37)27-32)34-23-26-35(36-19-13-14-20-40(36)48)39(29-34)45-50-43(30-15-9-7-10-16-30)49-44(51-45)31-17-11-8-12-18-31/h7-29H,1-6H3. The molecule has 0 N–H and O–H groups in total. The van der Waals surface area contributed by atoms with Crippen LogP contribution in [0.1, 0.15) is 52.7 Å². The molecule has 5 heteroatoms. The van der Waals surface area contributed by atoms with Crippen molar-refractivity contribution >= 4 is 21.8 Å². The third kappa shape index (κ3) is 6.06. The summed E-state index contributed by atoms with van der Waals surface area (Å²) < 4.78 is 18.1. The summed E-state index contributed by atoms with van der Waals surface area (Å²) in [5.41, 5.74) is 9.24. The van der Waals surface area contributed by atoms with Gasteiger partial charge in [-0.2, -0.15) is 0 Å². The average molecular weight is 681 g/mol. The van der Waals surface area contributed by atoms with Gasteiger partial charge in [-0.1, -0.05) is 151 Å². The first-order valence-corrected chi connectivity index (χ1v) is 17.8. The molecule has 0 aliphatic heterocycles. The van der Waals surface area contributed by atoms with Gasteiger partial charge in [0.1, 0.15) is 5.82 Å². The van der Waals surface area contributed by atoms with Gasteiger partial charge in [0.25, 0.3) is 0 Å². The summed E-state index contributed by atoms with van der Waals surface area (Å²) in [5, 5.41) is 2.36. The number of hydrogen-bond acceptors (Lipinski definition) is 3. The molecule has 52 heavy (non-hydrogen) atoms. The molecule has 6 aromatic carbocycles. The Morgan fingerprint density at radius 1 is 0.442 bits per heavy atom. The van der Waals surface area contributed by atoms with Gasteiger partial charge >= 0.3 is 0 Å². The molecule has 0 radical (unpaired) electrons. The highest BCUT2D eigenvalue weighted by Crippen LogP contribution is 2.40. The van der Waals surface area contributed by atoms with Crippen LogP contribution in [0.5, 0.6) is 0 Å². The zero-order valence-corrected chi connectivity index (χ0v) is 30.4. The first-order chi connectivity index (χ1) is 25.0. The van der Waals surface area contributed by atoms with Gasteiger partial charge in [-0.05, 0) is 57.9 Å². The Balaban J connectivity index is 1.46. The number of fused-ring (bicyclic) bond motifs is 3. The van der Waals surface area contributed by atoms with E-state index in [9.17, 15) is 0 Å². The lowest BCUT2D eigenvalue weighted by Gasteiger charge is -2.20. The van der Waals surface area contributed by atoms with E-state index in [4.69, 9.17) is 15.0 Å². The lowest BCUT2D eigenvalue weighted by atomic mass is 9.86. The second-order valence-electron chi connectivity index (χ2n) is 15.5. The molecule has 0 atom stereocenters. The second kappa shape index (κ2) is 12.7. The summed E-state index contributed by atoms with van der Waals surface area (Å²) in [6, 6.07) is 46.6. The molecular formula is C47H41FN4. The van der Waals surface area contributed by atoms with Gasteiger partial charge < -0.3 is 4.57 Å². The number of nitrogens with zero attached hydrogens (tertiary/aromatic N) is 4. The van der Waals surface area contributed by atoms with Crippen LogP contribution < -0.4 is 0 Å². The number of hydrogen-bond donors (Lipinski definition) is 0. The Bertz CT molecular complexity index is 2460. The van der Waals surface area contributed by atoms with E-state index < -0.39 is 0 Å². The first kappa shape index (κ1) is 33.2. The molecule has 0 amide bonds. The smallest absolute Gasteiger partial charge is 0.164 e. The molecule has 0 aliphatic rings. The molecule has 0 fully saturated rings. The highest BCUT2D eigenvalue weighted by Gasteiger charge is 2.23. The Kier molecular flexibility index (Phi) is 8.10. The molecule has 0 aliphatic carbocycles. The van der Waals surface area contributed by atoms with Crippen LogP contribution in [-0.4, -0.2) is 19.5 Å². The Labute approximate surface area is 304 Å². The second-order valence-corrected chi connectivity index (χ2v) is 15.5. The number of halogens is 1. The van der Waals surface area contributed by atoms with E-state index in [-0.39, 0.29) is 16.6 Å². The van der Waals surface area contributed by atoms with Crippen molar-refractivity contribution in [3.8, 4) is 51.0 Å². The first-order valence-electron chi connectivity index (χ1n) is 17.8. The van der Waals surface area contributed by atoms with E-state index in [1.807, 2.05) is 78.9 Å². The molecule has 0 saturated heterocycles. The molecule has 256 valence electrons. The van der Waals surface area contributed by atoms with Gasteiger partial charge in [-0.15, -0.1) is 0 Å². The van der Waals surface area contributed by atoms with Crippen molar-refractivity contribution in [2.24, 2.45) is 0 Å². The predicted molar refractivity (Wildman–Crippen MR) is 213 cm³/mol. The zero-order chi connectivity index (χ0) is 36.2. The van der Waals surface area contributed by atoms with E-state index in [1.54, 1.807) is 6.07 Å². The number of benzene rings is 6. The fourth-order valence-corrected chi connectivity index (χ4v) is 6.93. The molecule has 2 heterocycles. The van der Waals surface area contributed by atoms with Crippen LogP contribution in [0, 0.1) is 5.82 Å². The highest BCUT2D eigenvalue weighted by atomic mass is 19.1. The SMILES string of the molecule is CC(C)(C)c1ccc2c3ccc(C(C)(C)C)cc3n(-c3ccc(-c4ccccc4F)c(-c4nc(-c5ccccc5)nc(-c5ccccc5)n4)c3)c2c1. The monoisotopic (exact) mass is 680 g/mol. The van der Waals surface area contributed by atoms with Crippen molar-refractivity contribution in [1.29, 1.82) is 0 Å². The molecule has 0 unspecified atom stereocenters. The van der Waals surface area contributed by atoms with E-state index in [1.165, 1.54) is 28.0 Å². The van der Waals surface area contributed by atoms with Crippen molar-refractivity contribution in [3.63, 3.8) is 0 Å². The summed E-state index contributed by atoms with van der Waals surface area (Å²) in [6.07, 6.45) is 0. The Morgan fingerprint density at radius 2 is 0.923 bits per heavy atom. The van der Waals surface area contributed by atoms with Crippen molar-refractivity contribution in [2.45, 2.75) is 52.4 Å². The molecule has 8 rings (SSSR count). The van der Waals surface area contributed by atoms with E-state index in [0.29, 0.717) is 34.2 Å². The minimum Gasteiger partial charge on any atom is -0.309 e. The Morgan fingerprint density at radius 3 is 1.42 bits per heavy atom. The van der Waals surface area contributed by atoms with Crippen LogP contribution in [0.4, 0.5) is 4.39 Å². The number of rotatable bonds is 5. The van der Waals surface area contributed by atoms with E-state index in [2.05, 4.69) is 94.6 Å². The lowest BCUT2D eigenvalue weighted by molar-refractivity contribution is 0.591. The maximum atomic E-state index is 15.7. The topological polar surface area (TPSA) is 43.6 Å². The maximum absolute atomic E-state index is 15.7. The van der Waals surface area contributed by atoms with Crippen LogP contribution in [0.3, 0.4) is 0 Å². The van der Waals surface area contributed by atoms with Gasteiger partial charge in [-0.25, -0.2) is 19.3 Å². The summed E-state index contributed by atoms with van der Waals surface area (Å²) >= 11 is 0. The molecule has 0 saturated carbocycles. The van der Waals surface area contributed by atoms with Gasteiger partial charge in [-0.3, -0.25) is 0 Å². The number of aromatic nitrogens is 4. The summed E-state index contributed by atoms with van der Waals surface area (Å²) in [4.78, 5) is 15.1. The van der Waals surface area contributed by atoms with Gasteiger partial charge in [0.15, 0.2) is 17.5 Å². The zero-order valence-electron chi connectivity index (χ0n) is 30.4. The normalized spacial score (nSPS) is 12.1. The maximum Gasteiger partial charge on any atom is 0.164 e. The predicted octanol–water partition coefficient (Wildman–Crippen LogP) is 12.4. The van der Waals surface area contributed by atoms with Crippen LogP contribution in [0.25, 0.3) is 72.8 Å². The molecule has 2 aromatic heterocycles. The fourth-order valence-electron chi connectivity index (χ4n) is 6.93. The van der Waals surface area contributed by atoms with Crippen LogP contribution >= 0.6 is 0 Å². The van der Waals surface area contributed by atoms with Gasteiger partial charge in [0.05, 0.1) is 11.0 Å². The minimum atomic E-state index is -0.307. The Hall–Kier alpha value is -5.94. The largest absolute Gasteiger partial charge is 0.309 e. The van der Waals surface area contributed by atoms with E-state index in [0.717, 1.165) is 27.8 Å².